The number of hydrogen-bond acceptors (Lipinski definition) is 3. The summed E-state index contributed by atoms with van der Waals surface area (Å²) in [6.45, 7) is 0.858. The third kappa shape index (κ3) is 3.45. The van der Waals surface area contributed by atoms with Gasteiger partial charge in [0.2, 0.25) is 0 Å². The van der Waals surface area contributed by atoms with Crippen LogP contribution >= 0.6 is 0 Å². The maximum Gasteiger partial charge on any atom is 0.118 e. The van der Waals surface area contributed by atoms with Crippen molar-refractivity contribution in [3.05, 3.63) is 29.8 Å². The maximum absolute atomic E-state index is 6.16. The van der Waals surface area contributed by atoms with Gasteiger partial charge in [0.1, 0.15) is 5.75 Å². The summed E-state index contributed by atoms with van der Waals surface area (Å²) in [4.78, 5) is 0. The van der Waals surface area contributed by atoms with Crippen molar-refractivity contribution in [1.82, 2.24) is 5.32 Å². The van der Waals surface area contributed by atoms with Crippen molar-refractivity contribution < 1.29 is 4.74 Å². The van der Waals surface area contributed by atoms with Gasteiger partial charge in [0, 0.05) is 18.6 Å². The van der Waals surface area contributed by atoms with E-state index in [1.54, 1.807) is 7.11 Å². The molecule has 0 aliphatic heterocycles. The van der Waals surface area contributed by atoms with Crippen molar-refractivity contribution >= 4 is 0 Å². The lowest BCUT2D eigenvalue weighted by atomic mass is 10.1. The van der Waals surface area contributed by atoms with Gasteiger partial charge >= 0.3 is 0 Å². The topological polar surface area (TPSA) is 47.3 Å². The highest BCUT2D eigenvalue weighted by Gasteiger charge is 2.15. The van der Waals surface area contributed by atoms with Gasteiger partial charge < -0.3 is 15.8 Å². The van der Waals surface area contributed by atoms with E-state index < -0.39 is 0 Å². The van der Waals surface area contributed by atoms with Crippen LogP contribution in [0.3, 0.4) is 0 Å². The number of rotatable bonds is 5. The molecule has 0 amide bonds. The number of nitrogens with two attached hydrogens (primary N) is 1. The van der Waals surface area contributed by atoms with Crippen LogP contribution < -0.4 is 15.8 Å². The van der Waals surface area contributed by atoms with Crippen LogP contribution in [0.4, 0.5) is 0 Å². The molecule has 3 heteroatoms. The molecule has 1 fully saturated rings. The van der Waals surface area contributed by atoms with Gasteiger partial charge in [-0.15, -0.1) is 0 Å². The van der Waals surface area contributed by atoms with Crippen molar-refractivity contribution in [3.63, 3.8) is 0 Å². The number of ether oxygens (including phenoxy) is 1. The van der Waals surface area contributed by atoms with Gasteiger partial charge in [0.15, 0.2) is 0 Å². The molecule has 0 spiro atoms. The van der Waals surface area contributed by atoms with Crippen LogP contribution in [0.5, 0.6) is 5.75 Å². The first-order valence-corrected chi connectivity index (χ1v) is 6.42. The first-order valence-electron chi connectivity index (χ1n) is 6.42. The minimum absolute atomic E-state index is 0.0708. The van der Waals surface area contributed by atoms with Crippen molar-refractivity contribution in [2.45, 2.75) is 37.8 Å². The van der Waals surface area contributed by atoms with Crippen molar-refractivity contribution in [3.8, 4) is 5.75 Å². The molecule has 17 heavy (non-hydrogen) atoms. The lowest BCUT2D eigenvalue weighted by Gasteiger charge is -2.17. The normalized spacial score (nSPS) is 18.2. The van der Waals surface area contributed by atoms with Crippen molar-refractivity contribution in [2.75, 3.05) is 13.7 Å². The number of nitrogens with one attached hydrogen (secondary N) is 1. The van der Waals surface area contributed by atoms with Gasteiger partial charge in [-0.2, -0.15) is 0 Å². The fraction of sp³-hybridized carbons (Fsp3) is 0.571. The van der Waals surface area contributed by atoms with Crippen LogP contribution in [0.1, 0.15) is 37.3 Å². The van der Waals surface area contributed by atoms with Crippen LogP contribution in [0, 0.1) is 0 Å². The predicted octanol–water partition coefficient (Wildman–Crippen LogP) is 2.23. The number of methoxy groups -OCH3 is 1. The SMILES string of the molecule is COc1ccc(C(N)CNC2CCCC2)cc1. The first kappa shape index (κ1) is 12.4. The van der Waals surface area contributed by atoms with Crippen LogP contribution in [0.15, 0.2) is 24.3 Å². The number of hydrogen-bond donors (Lipinski definition) is 2. The molecule has 1 unspecified atom stereocenters. The van der Waals surface area contributed by atoms with Crippen LogP contribution in [-0.4, -0.2) is 19.7 Å². The lowest BCUT2D eigenvalue weighted by molar-refractivity contribution is 0.414. The molecular formula is C14H22N2O. The highest BCUT2D eigenvalue weighted by Crippen LogP contribution is 2.19. The molecule has 1 saturated carbocycles. The monoisotopic (exact) mass is 234 g/mol. The summed E-state index contributed by atoms with van der Waals surface area (Å²) < 4.78 is 5.13. The minimum Gasteiger partial charge on any atom is -0.497 e. The van der Waals surface area contributed by atoms with E-state index in [4.69, 9.17) is 10.5 Å². The molecule has 0 bridgehead atoms. The molecule has 1 aliphatic carbocycles. The Bertz CT molecular complexity index is 331. The Hall–Kier alpha value is -1.06. The quantitative estimate of drug-likeness (QED) is 0.821. The van der Waals surface area contributed by atoms with Crippen LogP contribution in [0.2, 0.25) is 0 Å². The molecule has 0 saturated heterocycles. The summed E-state index contributed by atoms with van der Waals surface area (Å²) in [5.41, 5.74) is 7.32. The Morgan fingerprint density at radius 3 is 2.53 bits per heavy atom. The molecule has 0 aromatic heterocycles. The maximum atomic E-state index is 6.16. The molecule has 3 nitrogen and oxygen atoms in total. The molecule has 3 N–H and O–H groups in total. The van der Waals surface area contributed by atoms with E-state index in [0.29, 0.717) is 6.04 Å². The fourth-order valence-corrected chi connectivity index (χ4v) is 2.39. The van der Waals surface area contributed by atoms with E-state index in [1.807, 2.05) is 24.3 Å². The standard InChI is InChI=1S/C14H22N2O/c1-17-13-8-6-11(7-9-13)14(15)10-16-12-4-2-3-5-12/h6-9,12,14,16H,2-5,10,15H2,1H3. The fourth-order valence-electron chi connectivity index (χ4n) is 2.39. The third-order valence-electron chi connectivity index (χ3n) is 3.53. The summed E-state index contributed by atoms with van der Waals surface area (Å²) in [5, 5.41) is 3.55. The Labute approximate surface area is 103 Å². The van der Waals surface area contributed by atoms with Crippen molar-refractivity contribution in [1.29, 1.82) is 0 Å². The highest BCUT2D eigenvalue weighted by molar-refractivity contribution is 5.29. The molecule has 1 aromatic rings. The van der Waals surface area contributed by atoms with E-state index in [2.05, 4.69) is 5.32 Å². The summed E-state index contributed by atoms with van der Waals surface area (Å²) in [7, 11) is 1.68. The smallest absolute Gasteiger partial charge is 0.118 e. The second-order valence-electron chi connectivity index (χ2n) is 4.77. The molecule has 1 atom stereocenters. The summed E-state index contributed by atoms with van der Waals surface area (Å²) >= 11 is 0. The van der Waals surface area contributed by atoms with E-state index in [0.717, 1.165) is 17.9 Å². The first-order chi connectivity index (χ1) is 8.29. The molecule has 94 valence electrons. The lowest BCUT2D eigenvalue weighted by Crippen LogP contribution is -2.33. The largest absolute Gasteiger partial charge is 0.497 e. The average molecular weight is 234 g/mol. The van der Waals surface area contributed by atoms with E-state index in [9.17, 15) is 0 Å². The highest BCUT2D eigenvalue weighted by atomic mass is 16.5. The molecule has 0 radical (unpaired) electrons. The molecule has 1 aromatic carbocycles. The zero-order chi connectivity index (χ0) is 12.1. The second kappa shape index (κ2) is 6.03. The number of benzene rings is 1. The zero-order valence-electron chi connectivity index (χ0n) is 10.5. The van der Waals surface area contributed by atoms with E-state index in [1.165, 1.54) is 25.7 Å². The van der Waals surface area contributed by atoms with Gasteiger partial charge in [-0.05, 0) is 30.5 Å². The molecule has 2 rings (SSSR count). The molecular weight excluding hydrogens is 212 g/mol. The second-order valence-corrected chi connectivity index (χ2v) is 4.77. The predicted molar refractivity (Wildman–Crippen MR) is 70.2 cm³/mol. The van der Waals surface area contributed by atoms with Gasteiger partial charge in [0.25, 0.3) is 0 Å². The Morgan fingerprint density at radius 2 is 1.94 bits per heavy atom. The van der Waals surface area contributed by atoms with Gasteiger partial charge in [-0.25, -0.2) is 0 Å². The average Bonchev–Trinajstić information content (AvgIpc) is 2.89. The third-order valence-corrected chi connectivity index (χ3v) is 3.53. The Kier molecular flexibility index (Phi) is 4.40. The van der Waals surface area contributed by atoms with E-state index in [-0.39, 0.29) is 6.04 Å². The Morgan fingerprint density at radius 1 is 1.29 bits per heavy atom. The van der Waals surface area contributed by atoms with Crippen LogP contribution in [0.25, 0.3) is 0 Å². The van der Waals surface area contributed by atoms with E-state index >= 15 is 0 Å². The summed E-state index contributed by atoms with van der Waals surface area (Å²) in [6, 6.07) is 8.76. The summed E-state index contributed by atoms with van der Waals surface area (Å²) in [6.07, 6.45) is 5.32. The van der Waals surface area contributed by atoms with Crippen LogP contribution in [-0.2, 0) is 0 Å². The van der Waals surface area contributed by atoms with Gasteiger partial charge in [-0.1, -0.05) is 25.0 Å². The molecule has 1 aliphatic rings. The van der Waals surface area contributed by atoms with Gasteiger partial charge in [0.05, 0.1) is 7.11 Å². The summed E-state index contributed by atoms with van der Waals surface area (Å²) in [5.74, 6) is 0.879. The van der Waals surface area contributed by atoms with Crippen molar-refractivity contribution in [2.24, 2.45) is 5.73 Å². The molecule has 0 heterocycles. The van der Waals surface area contributed by atoms with Gasteiger partial charge in [-0.3, -0.25) is 0 Å². The Balaban J connectivity index is 1.83. The zero-order valence-corrected chi connectivity index (χ0v) is 10.5. The minimum atomic E-state index is 0.0708.